The summed E-state index contributed by atoms with van der Waals surface area (Å²) in [6, 6.07) is 51.4. The molecule has 260 valence electrons. The number of para-hydroxylation sites is 3. The van der Waals surface area contributed by atoms with E-state index < -0.39 is 0 Å². The number of hydrogen-bond donors (Lipinski definition) is 2. The van der Waals surface area contributed by atoms with E-state index in [4.69, 9.17) is 15.6 Å². The Morgan fingerprint density at radius 3 is 1.94 bits per heavy atom. The molecule has 0 atom stereocenters. The van der Waals surface area contributed by atoms with Gasteiger partial charge in [-0.2, -0.15) is 0 Å². The maximum atomic E-state index is 8.18. The molecule has 0 spiro atoms. The van der Waals surface area contributed by atoms with Crippen LogP contribution < -0.4 is 5.73 Å². The van der Waals surface area contributed by atoms with Crippen LogP contribution in [0.15, 0.2) is 169 Å². The lowest BCUT2D eigenvalue weighted by Gasteiger charge is -2.10. The van der Waals surface area contributed by atoms with Crippen molar-refractivity contribution in [3.8, 4) is 5.69 Å². The molecule has 3 aromatic heterocycles. The molecule has 10 aromatic rings. The summed E-state index contributed by atoms with van der Waals surface area (Å²) in [6.07, 6.45) is 5.31. The number of nitrogens with one attached hydrogen (secondary N) is 1. The first-order valence-electron chi connectivity index (χ1n) is 18.1. The van der Waals surface area contributed by atoms with E-state index in [2.05, 4.69) is 138 Å². The molecule has 0 fully saturated rings. The average molecular weight is 699 g/mol. The Morgan fingerprint density at radius 2 is 1.20 bits per heavy atom. The molecule has 3 N–H and O–H groups in total. The van der Waals surface area contributed by atoms with Crippen molar-refractivity contribution in [1.82, 2.24) is 9.13 Å². The highest BCUT2D eigenvalue weighted by Crippen LogP contribution is 2.41. The van der Waals surface area contributed by atoms with E-state index in [1.165, 1.54) is 70.8 Å². The molecule has 7 aromatic carbocycles. The molecule has 0 saturated carbocycles. The highest BCUT2D eigenvalue weighted by Gasteiger charge is 2.19. The first-order chi connectivity index (χ1) is 26.5. The second-order valence-corrected chi connectivity index (χ2v) is 13.6. The van der Waals surface area contributed by atoms with Crippen LogP contribution in [-0.4, -0.2) is 14.8 Å². The van der Waals surface area contributed by atoms with Crippen LogP contribution in [0.2, 0.25) is 0 Å². The molecule has 0 aliphatic rings. The number of anilines is 1. The van der Waals surface area contributed by atoms with E-state index in [1.54, 1.807) is 12.2 Å². The first-order valence-corrected chi connectivity index (χ1v) is 18.1. The molecule has 0 saturated heterocycles. The number of nitrogen functional groups attached to an aromatic ring is 1. The van der Waals surface area contributed by atoms with Crippen LogP contribution in [0.1, 0.15) is 22.6 Å². The minimum atomic E-state index is 0.291. The largest absolute Gasteiger partial charge is 0.457 e. The Labute approximate surface area is 313 Å². The van der Waals surface area contributed by atoms with Crippen molar-refractivity contribution in [2.24, 2.45) is 7.05 Å². The van der Waals surface area contributed by atoms with E-state index >= 15 is 0 Å². The third-order valence-corrected chi connectivity index (χ3v) is 10.6. The number of hydrogen-bond acceptors (Lipinski definition) is 3. The number of furan rings is 1. The van der Waals surface area contributed by atoms with Crippen molar-refractivity contribution in [1.29, 1.82) is 5.41 Å². The number of aryl methyl sites for hydroxylation is 2. The molecular weight excluding hydrogens is 661 g/mol. The fourth-order valence-corrected chi connectivity index (χ4v) is 8.09. The SMILES string of the molecule is C=C/C=C\c1c(C)oc(C(=N)c2ccccc2)c1N.Cn1c2ccccc2c2ccc3c4ccc5c(c4ccc3c21)c1ccccc1n5-c1ccccc1. The summed E-state index contributed by atoms with van der Waals surface area (Å²) in [5.41, 5.74) is 14.7. The fraction of sp³-hybridized carbons (Fsp3) is 0.0408. The second kappa shape index (κ2) is 13.1. The minimum absolute atomic E-state index is 0.291. The summed E-state index contributed by atoms with van der Waals surface area (Å²) in [4.78, 5) is 0. The Morgan fingerprint density at radius 1 is 0.630 bits per heavy atom. The Bertz CT molecular complexity index is 3100. The van der Waals surface area contributed by atoms with Crippen LogP contribution in [0.5, 0.6) is 0 Å². The molecule has 5 heteroatoms. The molecule has 54 heavy (non-hydrogen) atoms. The predicted octanol–water partition coefficient (Wildman–Crippen LogP) is 12.5. The molecule has 0 radical (unpaired) electrons. The number of aromatic nitrogens is 2. The van der Waals surface area contributed by atoms with Crippen LogP contribution in [0, 0.1) is 12.3 Å². The number of nitrogens with two attached hydrogens (primary N) is 1. The molecule has 10 rings (SSSR count). The summed E-state index contributed by atoms with van der Waals surface area (Å²) in [5, 5.41) is 18.6. The zero-order valence-electron chi connectivity index (χ0n) is 30.2. The highest BCUT2D eigenvalue weighted by atomic mass is 16.3. The summed E-state index contributed by atoms with van der Waals surface area (Å²) in [6.45, 7) is 5.46. The van der Waals surface area contributed by atoms with E-state index in [-0.39, 0.29) is 0 Å². The maximum Gasteiger partial charge on any atom is 0.176 e. The molecule has 3 heterocycles. The average Bonchev–Trinajstić information content (AvgIpc) is 3.83. The first kappa shape index (κ1) is 32.8. The van der Waals surface area contributed by atoms with Crippen molar-refractivity contribution in [3.63, 3.8) is 0 Å². The lowest BCUT2D eigenvalue weighted by molar-refractivity contribution is 0.525. The Hall–Kier alpha value is -7.11. The van der Waals surface area contributed by atoms with Gasteiger partial charge in [0.05, 0.1) is 22.2 Å². The summed E-state index contributed by atoms with van der Waals surface area (Å²) in [7, 11) is 2.19. The van der Waals surface area contributed by atoms with Gasteiger partial charge < -0.3 is 19.3 Å². The quantitative estimate of drug-likeness (QED) is 0.107. The normalized spacial score (nSPS) is 11.7. The fourth-order valence-electron chi connectivity index (χ4n) is 8.09. The Balaban J connectivity index is 0.000000172. The van der Waals surface area contributed by atoms with Gasteiger partial charge in [-0.1, -0.05) is 134 Å². The van der Waals surface area contributed by atoms with Crippen molar-refractivity contribution in [2.75, 3.05) is 5.73 Å². The lowest BCUT2D eigenvalue weighted by atomic mass is 9.96. The molecule has 0 aliphatic carbocycles. The van der Waals surface area contributed by atoms with Crippen LogP contribution in [0.25, 0.3) is 76.9 Å². The number of benzene rings is 7. The van der Waals surface area contributed by atoms with Crippen molar-refractivity contribution >= 4 is 82.6 Å². The standard InChI is InChI=1S/C33H22N2.C16H16N2O/c1-34-29-13-7-5-11-24(29)27-17-15-23-22-19-20-31-32(25(22)16-18-26(23)33(27)34)28-12-6-8-14-30(28)35(31)21-9-3-2-4-10-21;1-3-4-10-13-11(2)19-16(15(13)18)14(17)12-8-6-5-7-9-12/h2-20H,1H3;3-10,17H,1,18H2,2H3/b;10-4-,17-14?. The van der Waals surface area contributed by atoms with Crippen LogP contribution in [0.3, 0.4) is 0 Å². The van der Waals surface area contributed by atoms with E-state index in [0.29, 0.717) is 22.9 Å². The second-order valence-electron chi connectivity index (χ2n) is 13.6. The van der Waals surface area contributed by atoms with Gasteiger partial charge in [0.2, 0.25) is 0 Å². The van der Waals surface area contributed by atoms with Crippen molar-refractivity contribution < 1.29 is 4.42 Å². The van der Waals surface area contributed by atoms with Gasteiger partial charge in [-0.25, -0.2) is 0 Å². The van der Waals surface area contributed by atoms with Gasteiger partial charge in [-0.05, 0) is 59.5 Å². The van der Waals surface area contributed by atoms with Gasteiger partial charge >= 0.3 is 0 Å². The smallest absolute Gasteiger partial charge is 0.176 e. The number of allylic oxidation sites excluding steroid dienone is 2. The van der Waals surface area contributed by atoms with Gasteiger partial charge in [0.15, 0.2) is 5.76 Å². The summed E-state index contributed by atoms with van der Waals surface area (Å²) >= 11 is 0. The van der Waals surface area contributed by atoms with E-state index in [0.717, 1.165) is 11.1 Å². The van der Waals surface area contributed by atoms with E-state index in [1.807, 2.05) is 43.3 Å². The molecule has 0 amide bonds. The van der Waals surface area contributed by atoms with Crippen LogP contribution in [0.4, 0.5) is 5.69 Å². The molecule has 0 aliphatic heterocycles. The van der Waals surface area contributed by atoms with Gasteiger partial charge in [0, 0.05) is 56.3 Å². The monoisotopic (exact) mass is 698 g/mol. The number of fused-ring (bicyclic) bond motifs is 11. The van der Waals surface area contributed by atoms with Gasteiger partial charge in [-0.15, -0.1) is 0 Å². The maximum absolute atomic E-state index is 8.18. The summed E-state index contributed by atoms with van der Waals surface area (Å²) < 4.78 is 10.4. The topological polar surface area (TPSA) is 72.9 Å². The lowest BCUT2D eigenvalue weighted by Crippen LogP contribution is -2.03. The highest BCUT2D eigenvalue weighted by molar-refractivity contribution is 6.28. The number of rotatable bonds is 5. The third kappa shape index (κ3) is 5.13. The summed E-state index contributed by atoms with van der Waals surface area (Å²) in [5.74, 6) is 1.11. The Kier molecular flexibility index (Phi) is 7.98. The van der Waals surface area contributed by atoms with Crippen molar-refractivity contribution in [2.45, 2.75) is 6.92 Å². The minimum Gasteiger partial charge on any atom is -0.457 e. The zero-order valence-corrected chi connectivity index (χ0v) is 30.2. The molecular formula is C49H38N4O. The zero-order chi connectivity index (χ0) is 36.9. The van der Waals surface area contributed by atoms with Gasteiger partial charge in [0.25, 0.3) is 0 Å². The van der Waals surface area contributed by atoms with Gasteiger partial charge in [-0.3, -0.25) is 5.41 Å². The van der Waals surface area contributed by atoms with E-state index in [9.17, 15) is 0 Å². The third-order valence-electron chi connectivity index (χ3n) is 10.6. The number of nitrogens with zero attached hydrogens (tertiary/aromatic N) is 2. The van der Waals surface area contributed by atoms with Gasteiger partial charge in [0.1, 0.15) is 11.5 Å². The van der Waals surface area contributed by atoms with Crippen LogP contribution >= 0.6 is 0 Å². The molecule has 0 bridgehead atoms. The van der Waals surface area contributed by atoms with Crippen molar-refractivity contribution in [3.05, 3.63) is 187 Å². The predicted molar refractivity (Wildman–Crippen MR) is 229 cm³/mol. The van der Waals surface area contributed by atoms with Crippen LogP contribution in [-0.2, 0) is 7.05 Å². The molecule has 5 nitrogen and oxygen atoms in total. The molecule has 0 unspecified atom stereocenters.